The summed E-state index contributed by atoms with van der Waals surface area (Å²) in [5.74, 6) is -2.05. The summed E-state index contributed by atoms with van der Waals surface area (Å²) >= 11 is 0. The van der Waals surface area contributed by atoms with E-state index in [1.807, 2.05) is 0 Å². The van der Waals surface area contributed by atoms with Crippen molar-refractivity contribution in [3.8, 4) is 5.75 Å². The van der Waals surface area contributed by atoms with Gasteiger partial charge in [-0.05, 0) is 23.8 Å². The number of nitro groups is 1. The number of nitrogens with zero attached hydrogens (tertiary/aromatic N) is 1. The number of methoxy groups -OCH3 is 1. The number of hydrogen-bond acceptors (Lipinski definition) is 4. The molecule has 0 atom stereocenters. The molecule has 0 heterocycles. The summed E-state index contributed by atoms with van der Waals surface area (Å²) in [5.41, 5.74) is 0.628. The summed E-state index contributed by atoms with van der Waals surface area (Å²) in [5, 5.41) is 13.4. The number of carbonyl (C=O) groups is 1. The molecular weight excluding hydrogens is 322 g/mol. The first-order valence-corrected chi connectivity index (χ1v) is 6.92. The van der Waals surface area contributed by atoms with Crippen molar-refractivity contribution < 1.29 is 23.2 Å². The Morgan fingerprint density at radius 1 is 1.21 bits per heavy atom. The predicted octanol–water partition coefficient (Wildman–Crippen LogP) is 2.74. The summed E-state index contributed by atoms with van der Waals surface area (Å²) in [6.07, 6.45) is -0.144. The van der Waals surface area contributed by atoms with Crippen LogP contribution in [0.4, 0.5) is 14.5 Å². The van der Waals surface area contributed by atoms with Crippen LogP contribution in [0.25, 0.3) is 0 Å². The van der Waals surface area contributed by atoms with Gasteiger partial charge in [0.05, 0.1) is 18.5 Å². The number of nitrogens with one attached hydrogen (secondary N) is 1. The topological polar surface area (TPSA) is 81.5 Å². The standard InChI is InChI=1S/C16H14F2N2O4/c1-24-15-5-3-12(20(22)23)8-11(15)9-19-16(21)7-10-2-4-13(17)14(18)6-10/h2-6,8H,7,9H2,1H3,(H,19,21). The van der Waals surface area contributed by atoms with E-state index in [4.69, 9.17) is 4.74 Å². The Hall–Kier alpha value is -3.03. The van der Waals surface area contributed by atoms with Gasteiger partial charge in [-0.3, -0.25) is 14.9 Å². The number of halogens is 2. The molecule has 0 aliphatic heterocycles. The second-order valence-corrected chi connectivity index (χ2v) is 4.96. The molecule has 0 aromatic heterocycles. The van der Waals surface area contributed by atoms with Gasteiger partial charge in [0.25, 0.3) is 5.69 Å². The molecule has 0 unspecified atom stereocenters. The van der Waals surface area contributed by atoms with Gasteiger partial charge in [-0.15, -0.1) is 0 Å². The van der Waals surface area contributed by atoms with Gasteiger partial charge in [0.1, 0.15) is 5.75 Å². The molecule has 2 rings (SSSR count). The molecule has 0 aliphatic rings. The molecule has 2 aromatic rings. The Balaban J connectivity index is 2.04. The highest BCUT2D eigenvalue weighted by molar-refractivity contribution is 5.78. The van der Waals surface area contributed by atoms with Gasteiger partial charge in [-0.1, -0.05) is 6.07 Å². The van der Waals surface area contributed by atoms with E-state index in [-0.39, 0.29) is 18.7 Å². The minimum absolute atomic E-state index is 0.00731. The Bertz CT molecular complexity index is 781. The van der Waals surface area contributed by atoms with E-state index in [0.29, 0.717) is 16.9 Å². The van der Waals surface area contributed by atoms with Crippen LogP contribution in [0.3, 0.4) is 0 Å². The van der Waals surface area contributed by atoms with E-state index in [9.17, 15) is 23.7 Å². The quantitative estimate of drug-likeness (QED) is 0.650. The van der Waals surface area contributed by atoms with Crippen LogP contribution < -0.4 is 10.1 Å². The summed E-state index contributed by atoms with van der Waals surface area (Å²) < 4.78 is 31.1. The number of ether oxygens (including phenoxy) is 1. The second kappa shape index (κ2) is 7.49. The van der Waals surface area contributed by atoms with E-state index in [0.717, 1.165) is 12.1 Å². The van der Waals surface area contributed by atoms with Crippen molar-refractivity contribution in [3.05, 3.63) is 69.3 Å². The smallest absolute Gasteiger partial charge is 0.270 e. The first-order chi connectivity index (χ1) is 11.4. The molecular formula is C16H14F2N2O4. The van der Waals surface area contributed by atoms with Crippen molar-refractivity contribution in [3.63, 3.8) is 0 Å². The maximum absolute atomic E-state index is 13.1. The molecule has 0 aliphatic carbocycles. The summed E-state index contributed by atoms with van der Waals surface area (Å²) in [4.78, 5) is 22.2. The average Bonchev–Trinajstić information content (AvgIpc) is 2.56. The number of nitro benzene ring substituents is 1. The molecule has 1 N–H and O–H groups in total. The van der Waals surface area contributed by atoms with Crippen LogP contribution in [0.15, 0.2) is 36.4 Å². The third-order valence-electron chi connectivity index (χ3n) is 3.30. The summed E-state index contributed by atoms with van der Waals surface area (Å²) in [6.45, 7) is 0.00731. The average molecular weight is 336 g/mol. The number of amides is 1. The summed E-state index contributed by atoms with van der Waals surface area (Å²) in [6, 6.07) is 7.24. The number of hydrogen-bond donors (Lipinski definition) is 1. The van der Waals surface area contributed by atoms with Crippen LogP contribution in [0.2, 0.25) is 0 Å². The van der Waals surface area contributed by atoms with Crippen molar-refractivity contribution in [2.24, 2.45) is 0 Å². The normalized spacial score (nSPS) is 10.3. The van der Waals surface area contributed by atoms with Crippen LogP contribution in [-0.4, -0.2) is 17.9 Å². The van der Waals surface area contributed by atoms with E-state index in [1.165, 1.54) is 31.4 Å². The maximum Gasteiger partial charge on any atom is 0.270 e. The molecule has 0 fully saturated rings. The predicted molar refractivity (Wildman–Crippen MR) is 81.6 cm³/mol. The number of benzene rings is 2. The SMILES string of the molecule is COc1ccc([N+](=O)[O-])cc1CNC(=O)Cc1ccc(F)c(F)c1. The number of non-ortho nitro benzene ring substituents is 1. The number of carbonyl (C=O) groups excluding carboxylic acids is 1. The zero-order valence-corrected chi connectivity index (χ0v) is 12.7. The number of rotatable bonds is 6. The van der Waals surface area contributed by atoms with E-state index < -0.39 is 22.5 Å². The Morgan fingerprint density at radius 2 is 1.96 bits per heavy atom. The van der Waals surface area contributed by atoms with Crippen LogP contribution in [-0.2, 0) is 17.8 Å². The fraction of sp³-hybridized carbons (Fsp3) is 0.188. The van der Waals surface area contributed by atoms with Crippen LogP contribution in [0.1, 0.15) is 11.1 Å². The van der Waals surface area contributed by atoms with Crippen LogP contribution in [0, 0.1) is 21.7 Å². The lowest BCUT2D eigenvalue weighted by Gasteiger charge is -2.10. The molecule has 0 saturated heterocycles. The van der Waals surface area contributed by atoms with Crippen molar-refractivity contribution in [1.82, 2.24) is 5.32 Å². The van der Waals surface area contributed by atoms with Crippen LogP contribution >= 0.6 is 0 Å². The molecule has 0 saturated carbocycles. The van der Waals surface area contributed by atoms with Gasteiger partial charge in [0.2, 0.25) is 5.91 Å². The lowest BCUT2D eigenvalue weighted by atomic mass is 10.1. The highest BCUT2D eigenvalue weighted by atomic mass is 19.2. The molecule has 0 radical (unpaired) electrons. The van der Waals surface area contributed by atoms with E-state index >= 15 is 0 Å². The van der Waals surface area contributed by atoms with Gasteiger partial charge in [-0.2, -0.15) is 0 Å². The van der Waals surface area contributed by atoms with Gasteiger partial charge < -0.3 is 10.1 Å². The molecule has 24 heavy (non-hydrogen) atoms. The highest BCUT2D eigenvalue weighted by Crippen LogP contribution is 2.23. The Labute approximate surface area is 136 Å². The van der Waals surface area contributed by atoms with Gasteiger partial charge in [0.15, 0.2) is 11.6 Å². The van der Waals surface area contributed by atoms with Gasteiger partial charge in [-0.25, -0.2) is 8.78 Å². The Kier molecular flexibility index (Phi) is 5.41. The van der Waals surface area contributed by atoms with Crippen molar-refractivity contribution in [2.45, 2.75) is 13.0 Å². The lowest BCUT2D eigenvalue weighted by molar-refractivity contribution is -0.384. The molecule has 6 nitrogen and oxygen atoms in total. The highest BCUT2D eigenvalue weighted by Gasteiger charge is 2.13. The first-order valence-electron chi connectivity index (χ1n) is 6.92. The molecule has 126 valence electrons. The van der Waals surface area contributed by atoms with Gasteiger partial charge >= 0.3 is 0 Å². The zero-order chi connectivity index (χ0) is 17.7. The largest absolute Gasteiger partial charge is 0.496 e. The van der Waals surface area contributed by atoms with Gasteiger partial charge in [0, 0.05) is 24.2 Å². The van der Waals surface area contributed by atoms with E-state index in [2.05, 4.69) is 5.32 Å². The zero-order valence-electron chi connectivity index (χ0n) is 12.7. The first kappa shape index (κ1) is 17.3. The molecule has 8 heteroatoms. The van der Waals surface area contributed by atoms with Crippen molar-refractivity contribution in [2.75, 3.05) is 7.11 Å². The monoisotopic (exact) mass is 336 g/mol. The maximum atomic E-state index is 13.1. The van der Waals surface area contributed by atoms with Crippen molar-refractivity contribution in [1.29, 1.82) is 0 Å². The fourth-order valence-electron chi connectivity index (χ4n) is 2.11. The molecule has 0 bridgehead atoms. The van der Waals surface area contributed by atoms with Crippen molar-refractivity contribution >= 4 is 11.6 Å². The third kappa shape index (κ3) is 4.25. The molecule has 1 amide bonds. The van der Waals surface area contributed by atoms with E-state index in [1.54, 1.807) is 0 Å². The summed E-state index contributed by atoms with van der Waals surface area (Å²) in [7, 11) is 1.41. The Morgan fingerprint density at radius 3 is 2.58 bits per heavy atom. The molecule has 2 aromatic carbocycles. The van der Waals surface area contributed by atoms with Crippen LogP contribution in [0.5, 0.6) is 5.75 Å². The minimum Gasteiger partial charge on any atom is -0.496 e. The fourth-order valence-corrected chi connectivity index (χ4v) is 2.11. The molecule has 0 spiro atoms. The lowest BCUT2D eigenvalue weighted by Crippen LogP contribution is -2.25. The second-order valence-electron chi connectivity index (χ2n) is 4.96. The third-order valence-corrected chi connectivity index (χ3v) is 3.30. The minimum atomic E-state index is -1.03.